The summed E-state index contributed by atoms with van der Waals surface area (Å²) in [5.74, 6) is -0.547. The van der Waals surface area contributed by atoms with E-state index >= 15 is 0 Å². The number of hydrogen-bond donors (Lipinski definition) is 2. The molecule has 0 radical (unpaired) electrons. The third-order valence-corrected chi connectivity index (χ3v) is 4.31. The highest BCUT2D eigenvalue weighted by atomic mass is 16.5. The van der Waals surface area contributed by atoms with Crippen LogP contribution >= 0.6 is 0 Å². The maximum Gasteiger partial charge on any atom is 0.338 e. The molecule has 0 atom stereocenters. The molecule has 0 aliphatic heterocycles. The predicted octanol–water partition coefficient (Wildman–Crippen LogP) is 2.78. The number of carbonyl (C=O) groups excluding carboxylic acids is 1. The lowest BCUT2D eigenvalue weighted by molar-refractivity contribution is 0.0698. The Morgan fingerprint density at radius 1 is 1.12 bits per heavy atom. The summed E-state index contributed by atoms with van der Waals surface area (Å²) < 4.78 is 11.9. The van der Waals surface area contributed by atoms with Gasteiger partial charge in [0.15, 0.2) is 0 Å². The Morgan fingerprint density at radius 3 is 2.46 bits per heavy atom. The van der Waals surface area contributed by atoms with Crippen LogP contribution in [-0.4, -0.2) is 35.5 Å². The average Bonchev–Trinajstić information content (AvgIpc) is 2.92. The number of nitrogens with two attached hydrogens (primary N) is 1. The second-order valence-electron chi connectivity index (χ2n) is 5.76. The highest BCUT2D eigenvalue weighted by Gasteiger charge is 2.25. The number of ether oxygens (including phenoxy) is 2. The molecule has 0 aliphatic rings. The van der Waals surface area contributed by atoms with Gasteiger partial charge in [0.2, 0.25) is 5.78 Å². The van der Waals surface area contributed by atoms with E-state index in [0.29, 0.717) is 33.8 Å². The number of ketones is 1. The molecule has 7 heteroatoms. The number of anilines is 1. The van der Waals surface area contributed by atoms with Crippen LogP contribution < -0.4 is 15.2 Å². The van der Waals surface area contributed by atoms with Gasteiger partial charge in [0.1, 0.15) is 11.5 Å². The van der Waals surface area contributed by atoms with Gasteiger partial charge in [-0.05, 0) is 42.8 Å². The summed E-state index contributed by atoms with van der Waals surface area (Å²) in [4.78, 5) is 24.9. The van der Waals surface area contributed by atoms with Crippen molar-refractivity contribution in [1.29, 1.82) is 0 Å². The molecule has 2 heterocycles. The van der Waals surface area contributed by atoms with Crippen LogP contribution in [0.5, 0.6) is 11.5 Å². The minimum absolute atomic E-state index is 0.0819. The van der Waals surface area contributed by atoms with E-state index < -0.39 is 5.97 Å². The molecular formula is C19H18N2O5. The standard InChI is InChI=1S/C19H18N2O5/c1-10-16(19(23)24)14-7-5-12(25-2)9-21(14)17(10)18(22)11-4-6-13(20)15(8-11)26-3/h4-9H,20H2,1-3H3,(H,23,24). The first-order chi connectivity index (χ1) is 12.4. The quantitative estimate of drug-likeness (QED) is 0.539. The first-order valence-electron chi connectivity index (χ1n) is 7.79. The van der Waals surface area contributed by atoms with Crippen LogP contribution in [0.1, 0.15) is 32.0 Å². The third kappa shape index (κ3) is 2.63. The third-order valence-electron chi connectivity index (χ3n) is 4.31. The molecule has 1 aromatic carbocycles. The van der Waals surface area contributed by atoms with Crippen molar-refractivity contribution in [2.24, 2.45) is 0 Å². The number of methoxy groups -OCH3 is 2. The highest BCUT2D eigenvalue weighted by Crippen LogP contribution is 2.29. The van der Waals surface area contributed by atoms with E-state index in [2.05, 4.69) is 0 Å². The van der Waals surface area contributed by atoms with E-state index in [9.17, 15) is 14.7 Å². The SMILES string of the molecule is COc1ccc2c(C(=O)O)c(C)c(C(=O)c3ccc(N)c(OC)c3)n2c1. The maximum absolute atomic E-state index is 13.1. The number of carboxylic acid groups (broad SMARTS) is 1. The summed E-state index contributed by atoms with van der Waals surface area (Å²) >= 11 is 0. The first-order valence-corrected chi connectivity index (χ1v) is 7.79. The topological polar surface area (TPSA) is 103 Å². The van der Waals surface area contributed by atoms with Crippen molar-refractivity contribution >= 4 is 23.0 Å². The summed E-state index contributed by atoms with van der Waals surface area (Å²) in [5, 5.41) is 9.58. The van der Waals surface area contributed by atoms with Crippen molar-refractivity contribution < 1.29 is 24.2 Å². The highest BCUT2D eigenvalue weighted by molar-refractivity contribution is 6.13. The Bertz CT molecular complexity index is 1040. The number of aromatic carboxylic acids is 1. The van der Waals surface area contributed by atoms with Crippen LogP contribution in [0.4, 0.5) is 5.69 Å². The number of nitrogens with zero attached hydrogens (tertiary/aromatic N) is 1. The lowest BCUT2D eigenvalue weighted by atomic mass is 10.0. The second kappa shape index (κ2) is 6.44. The fourth-order valence-corrected chi connectivity index (χ4v) is 3.02. The molecule has 0 amide bonds. The van der Waals surface area contributed by atoms with Crippen molar-refractivity contribution in [3.63, 3.8) is 0 Å². The molecule has 0 saturated carbocycles. The number of carboxylic acids is 1. The van der Waals surface area contributed by atoms with Crippen molar-refractivity contribution in [2.75, 3.05) is 20.0 Å². The van der Waals surface area contributed by atoms with Crippen LogP contribution in [-0.2, 0) is 0 Å². The molecule has 26 heavy (non-hydrogen) atoms. The number of rotatable bonds is 5. The Kier molecular flexibility index (Phi) is 4.29. The number of fused-ring (bicyclic) bond motifs is 1. The Labute approximate surface area is 149 Å². The summed E-state index contributed by atoms with van der Waals surface area (Å²) in [7, 11) is 2.97. The van der Waals surface area contributed by atoms with E-state index in [-0.39, 0.29) is 17.0 Å². The van der Waals surface area contributed by atoms with Gasteiger partial charge in [-0.15, -0.1) is 0 Å². The van der Waals surface area contributed by atoms with Crippen LogP contribution in [0.3, 0.4) is 0 Å². The van der Waals surface area contributed by atoms with Crippen LogP contribution in [0.15, 0.2) is 36.5 Å². The van der Waals surface area contributed by atoms with Crippen molar-refractivity contribution in [2.45, 2.75) is 6.92 Å². The molecule has 0 fully saturated rings. The lowest BCUT2D eigenvalue weighted by Gasteiger charge is -2.09. The lowest BCUT2D eigenvalue weighted by Crippen LogP contribution is -2.08. The zero-order chi connectivity index (χ0) is 19.0. The van der Waals surface area contributed by atoms with Gasteiger partial charge >= 0.3 is 5.97 Å². The van der Waals surface area contributed by atoms with Crippen molar-refractivity contribution in [1.82, 2.24) is 4.40 Å². The molecule has 0 saturated heterocycles. The monoisotopic (exact) mass is 354 g/mol. The number of benzene rings is 1. The fraction of sp³-hybridized carbons (Fsp3) is 0.158. The van der Waals surface area contributed by atoms with Gasteiger partial charge in [0.05, 0.1) is 42.9 Å². The second-order valence-corrected chi connectivity index (χ2v) is 5.76. The largest absolute Gasteiger partial charge is 0.495 e. The molecule has 0 bridgehead atoms. The summed E-state index contributed by atoms with van der Waals surface area (Å²) in [6.45, 7) is 1.62. The average molecular weight is 354 g/mol. The van der Waals surface area contributed by atoms with Gasteiger partial charge < -0.3 is 24.7 Å². The van der Waals surface area contributed by atoms with E-state index in [0.717, 1.165) is 0 Å². The van der Waals surface area contributed by atoms with Crippen LogP contribution in [0, 0.1) is 6.92 Å². The minimum Gasteiger partial charge on any atom is -0.495 e. The van der Waals surface area contributed by atoms with Gasteiger partial charge in [0, 0.05) is 5.56 Å². The molecular weight excluding hydrogens is 336 g/mol. The molecule has 0 unspecified atom stereocenters. The summed E-state index contributed by atoms with van der Waals surface area (Å²) in [5.41, 5.74) is 7.70. The predicted molar refractivity (Wildman–Crippen MR) is 96.5 cm³/mol. The van der Waals surface area contributed by atoms with Crippen molar-refractivity contribution in [3.05, 3.63) is 58.9 Å². The van der Waals surface area contributed by atoms with Gasteiger partial charge in [-0.1, -0.05) is 0 Å². The summed E-state index contributed by atoms with van der Waals surface area (Å²) in [6, 6.07) is 7.98. The molecule has 134 valence electrons. The maximum atomic E-state index is 13.1. The van der Waals surface area contributed by atoms with E-state index in [1.54, 1.807) is 41.8 Å². The zero-order valence-electron chi connectivity index (χ0n) is 14.6. The number of hydrogen-bond acceptors (Lipinski definition) is 5. The number of aromatic nitrogens is 1. The normalized spacial score (nSPS) is 10.7. The van der Waals surface area contributed by atoms with Gasteiger partial charge in [-0.2, -0.15) is 0 Å². The minimum atomic E-state index is -1.10. The molecule has 3 rings (SSSR count). The summed E-state index contributed by atoms with van der Waals surface area (Å²) in [6.07, 6.45) is 1.59. The van der Waals surface area contributed by atoms with Gasteiger partial charge in [-0.25, -0.2) is 4.79 Å². The molecule has 0 aliphatic carbocycles. The molecule has 0 spiro atoms. The van der Waals surface area contributed by atoms with E-state index in [1.165, 1.54) is 20.3 Å². The number of carbonyl (C=O) groups is 2. The number of nitrogen functional groups attached to an aromatic ring is 1. The van der Waals surface area contributed by atoms with Crippen LogP contribution in [0.2, 0.25) is 0 Å². The zero-order valence-corrected chi connectivity index (χ0v) is 14.6. The van der Waals surface area contributed by atoms with Crippen LogP contribution in [0.25, 0.3) is 5.52 Å². The Hall–Kier alpha value is -3.48. The Balaban J connectivity index is 2.28. The molecule has 3 N–H and O–H groups in total. The van der Waals surface area contributed by atoms with Gasteiger partial charge in [0.25, 0.3) is 0 Å². The molecule has 7 nitrogen and oxygen atoms in total. The van der Waals surface area contributed by atoms with E-state index in [1.807, 2.05) is 0 Å². The molecule has 2 aromatic heterocycles. The van der Waals surface area contributed by atoms with Crippen molar-refractivity contribution in [3.8, 4) is 11.5 Å². The van der Waals surface area contributed by atoms with E-state index in [4.69, 9.17) is 15.2 Å². The number of pyridine rings is 1. The Morgan fingerprint density at radius 2 is 1.85 bits per heavy atom. The first kappa shape index (κ1) is 17.3. The van der Waals surface area contributed by atoms with Gasteiger partial charge in [-0.3, -0.25) is 4.79 Å². The molecule has 3 aromatic rings. The fourth-order valence-electron chi connectivity index (χ4n) is 3.02. The smallest absolute Gasteiger partial charge is 0.338 e.